The Labute approximate surface area is 146 Å². The minimum atomic E-state index is -0.706. The van der Waals surface area contributed by atoms with E-state index in [9.17, 15) is 14.0 Å². The zero-order chi connectivity index (χ0) is 18.0. The molecule has 136 valence electrons. The molecule has 0 unspecified atom stereocenters. The molecule has 1 spiro atoms. The fourth-order valence-electron chi connectivity index (χ4n) is 3.71. The van der Waals surface area contributed by atoms with Crippen molar-refractivity contribution in [1.29, 1.82) is 0 Å². The Balaban J connectivity index is 1.64. The molecule has 1 heterocycles. The number of hydrogen-bond donors (Lipinski definition) is 1. The topological polar surface area (TPSA) is 61.9 Å². The molecule has 1 aliphatic heterocycles. The lowest BCUT2D eigenvalue weighted by atomic mass is 9.82. The Hall–Kier alpha value is -2.15. The van der Waals surface area contributed by atoms with Crippen LogP contribution < -0.4 is 10.1 Å². The average Bonchev–Trinajstić information content (AvgIpc) is 2.80. The van der Waals surface area contributed by atoms with Crippen LogP contribution in [0.1, 0.15) is 37.7 Å². The Morgan fingerprint density at radius 1 is 1.28 bits per heavy atom. The van der Waals surface area contributed by atoms with Crippen molar-refractivity contribution < 1.29 is 18.7 Å². The van der Waals surface area contributed by atoms with E-state index in [-0.39, 0.29) is 24.4 Å². The normalized spacial score (nSPS) is 19.6. The number of rotatable bonds is 5. The van der Waals surface area contributed by atoms with Crippen molar-refractivity contribution in [2.45, 2.75) is 44.2 Å². The molecule has 1 saturated heterocycles. The number of benzene rings is 1. The molecule has 0 bridgehead atoms. The lowest BCUT2D eigenvalue weighted by Crippen LogP contribution is -2.48. The predicted molar refractivity (Wildman–Crippen MR) is 90.5 cm³/mol. The van der Waals surface area contributed by atoms with Gasteiger partial charge in [-0.25, -0.2) is 14.1 Å². The molecule has 1 N–H and O–H groups in total. The van der Waals surface area contributed by atoms with Gasteiger partial charge in [0.1, 0.15) is 5.54 Å². The summed E-state index contributed by atoms with van der Waals surface area (Å²) in [6.45, 7) is 0.602. The minimum Gasteiger partial charge on any atom is -0.494 e. The van der Waals surface area contributed by atoms with Gasteiger partial charge in [-0.3, -0.25) is 9.69 Å². The number of amides is 3. The van der Waals surface area contributed by atoms with Crippen molar-refractivity contribution in [3.05, 3.63) is 29.6 Å². The van der Waals surface area contributed by atoms with E-state index in [1.165, 1.54) is 18.1 Å². The molecule has 3 amide bonds. The van der Waals surface area contributed by atoms with E-state index in [2.05, 4.69) is 5.32 Å². The number of urea groups is 1. The van der Waals surface area contributed by atoms with Gasteiger partial charge in [-0.15, -0.1) is 0 Å². The molecule has 0 aromatic heterocycles. The van der Waals surface area contributed by atoms with Gasteiger partial charge in [0.05, 0.1) is 13.8 Å². The molecular weight excluding hydrogens is 325 g/mol. The molecule has 6 nitrogen and oxygen atoms in total. The molecule has 0 radical (unpaired) electrons. The largest absolute Gasteiger partial charge is 0.494 e. The third kappa shape index (κ3) is 3.46. The van der Waals surface area contributed by atoms with Crippen molar-refractivity contribution in [3.8, 4) is 5.75 Å². The van der Waals surface area contributed by atoms with Gasteiger partial charge < -0.3 is 10.1 Å². The second kappa shape index (κ2) is 7.00. The lowest BCUT2D eigenvalue weighted by molar-refractivity contribution is -0.133. The van der Waals surface area contributed by atoms with Crippen molar-refractivity contribution in [1.82, 2.24) is 15.1 Å². The molecule has 1 aromatic rings. The van der Waals surface area contributed by atoms with Crippen LogP contribution in [0.25, 0.3) is 0 Å². The van der Waals surface area contributed by atoms with Gasteiger partial charge in [0, 0.05) is 6.54 Å². The highest BCUT2D eigenvalue weighted by atomic mass is 19.1. The predicted octanol–water partition coefficient (Wildman–Crippen LogP) is 2.48. The summed E-state index contributed by atoms with van der Waals surface area (Å²) < 4.78 is 18.7. The van der Waals surface area contributed by atoms with Crippen LogP contribution in [0.15, 0.2) is 18.2 Å². The van der Waals surface area contributed by atoms with Gasteiger partial charge in [-0.2, -0.15) is 0 Å². The third-order valence-electron chi connectivity index (χ3n) is 5.00. The van der Waals surface area contributed by atoms with Crippen LogP contribution in [0.4, 0.5) is 9.18 Å². The standard InChI is InChI=1S/C18H24FN3O3/c1-21(11-13-6-7-15(25-2)14(19)10-13)12-22-16(23)18(20-17(22)24)8-4-3-5-9-18/h6-7,10H,3-5,8-9,11-12H2,1-2H3,(H,20,24). The van der Waals surface area contributed by atoms with Gasteiger partial charge >= 0.3 is 6.03 Å². The molecule has 2 aliphatic rings. The highest BCUT2D eigenvalue weighted by molar-refractivity contribution is 6.07. The summed E-state index contributed by atoms with van der Waals surface area (Å²) in [4.78, 5) is 28.1. The lowest BCUT2D eigenvalue weighted by Gasteiger charge is -2.31. The second-order valence-corrected chi connectivity index (χ2v) is 6.93. The maximum atomic E-state index is 13.8. The Bertz CT molecular complexity index is 674. The number of ether oxygens (including phenoxy) is 1. The third-order valence-corrected chi connectivity index (χ3v) is 5.00. The summed E-state index contributed by atoms with van der Waals surface area (Å²) in [5.74, 6) is -0.366. The van der Waals surface area contributed by atoms with E-state index >= 15 is 0 Å². The van der Waals surface area contributed by atoms with Crippen LogP contribution in [0.3, 0.4) is 0 Å². The molecular formula is C18H24FN3O3. The van der Waals surface area contributed by atoms with E-state index in [1.54, 1.807) is 19.2 Å². The van der Waals surface area contributed by atoms with Crippen LogP contribution in [0, 0.1) is 5.82 Å². The molecule has 1 aliphatic carbocycles. The number of carbonyl (C=O) groups is 2. The first-order valence-corrected chi connectivity index (χ1v) is 8.60. The van der Waals surface area contributed by atoms with E-state index in [4.69, 9.17) is 4.74 Å². The Kier molecular flexibility index (Phi) is 4.94. The van der Waals surface area contributed by atoms with Gasteiger partial charge in [0.2, 0.25) is 0 Å². The summed E-state index contributed by atoms with van der Waals surface area (Å²) >= 11 is 0. The smallest absolute Gasteiger partial charge is 0.326 e. The highest BCUT2D eigenvalue weighted by Crippen LogP contribution is 2.33. The number of hydrogen-bond acceptors (Lipinski definition) is 4. The van der Waals surface area contributed by atoms with Gasteiger partial charge in [-0.05, 0) is 37.6 Å². The average molecular weight is 349 g/mol. The van der Waals surface area contributed by atoms with Gasteiger partial charge in [0.25, 0.3) is 5.91 Å². The van der Waals surface area contributed by atoms with Crippen LogP contribution in [0.5, 0.6) is 5.75 Å². The van der Waals surface area contributed by atoms with Crippen molar-refractivity contribution in [3.63, 3.8) is 0 Å². The fraction of sp³-hybridized carbons (Fsp3) is 0.556. The summed E-state index contributed by atoms with van der Waals surface area (Å²) in [7, 11) is 3.22. The van der Waals surface area contributed by atoms with E-state index in [1.807, 2.05) is 4.90 Å². The van der Waals surface area contributed by atoms with E-state index < -0.39 is 11.4 Å². The zero-order valence-corrected chi connectivity index (χ0v) is 14.7. The van der Waals surface area contributed by atoms with Gasteiger partial charge in [0.15, 0.2) is 11.6 Å². The first-order valence-electron chi connectivity index (χ1n) is 8.60. The molecule has 25 heavy (non-hydrogen) atoms. The highest BCUT2D eigenvalue weighted by Gasteiger charge is 2.51. The molecule has 0 atom stereocenters. The minimum absolute atomic E-state index is 0.134. The first kappa shape index (κ1) is 17.7. The summed E-state index contributed by atoms with van der Waals surface area (Å²) in [6.07, 6.45) is 4.44. The molecule has 3 rings (SSSR count). The van der Waals surface area contributed by atoms with Crippen molar-refractivity contribution in [2.24, 2.45) is 0 Å². The van der Waals surface area contributed by atoms with Crippen LogP contribution in [-0.4, -0.2) is 48.1 Å². The van der Waals surface area contributed by atoms with E-state index in [0.717, 1.165) is 24.8 Å². The molecule has 7 heteroatoms. The van der Waals surface area contributed by atoms with E-state index in [0.29, 0.717) is 19.4 Å². The monoisotopic (exact) mass is 349 g/mol. The van der Waals surface area contributed by atoms with Crippen LogP contribution in [-0.2, 0) is 11.3 Å². The number of imide groups is 1. The number of methoxy groups -OCH3 is 1. The van der Waals surface area contributed by atoms with Crippen molar-refractivity contribution >= 4 is 11.9 Å². The summed E-state index contributed by atoms with van der Waals surface area (Å²) in [6, 6.07) is 4.42. The Morgan fingerprint density at radius 2 is 2.00 bits per heavy atom. The first-order chi connectivity index (χ1) is 11.9. The second-order valence-electron chi connectivity index (χ2n) is 6.93. The quantitative estimate of drug-likeness (QED) is 0.830. The molecule has 1 aromatic carbocycles. The SMILES string of the molecule is COc1ccc(CN(C)CN2C(=O)NC3(CCCCC3)C2=O)cc1F. The van der Waals surface area contributed by atoms with Gasteiger partial charge in [-0.1, -0.05) is 25.3 Å². The maximum Gasteiger partial charge on any atom is 0.326 e. The van der Waals surface area contributed by atoms with Crippen molar-refractivity contribution in [2.75, 3.05) is 20.8 Å². The summed E-state index contributed by atoms with van der Waals surface area (Å²) in [5.41, 5.74) is 0.0443. The molecule has 1 saturated carbocycles. The molecule has 2 fully saturated rings. The van der Waals surface area contributed by atoms with Crippen LogP contribution in [0.2, 0.25) is 0 Å². The fourth-order valence-corrected chi connectivity index (χ4v) is 3.71. The zero-order valence-electron chi connectivity index (χ0n) is 14.7. The maximum absolute atomic E-state index is 13.8. The number of halogens is 1. The number of carbonyl (C=O) groups excluding carboxylic acids is 2. The Morgan fingerprint density at radius 3 is 2.64 bits per heavy atom. The van der Waals surface area contributed by atoms with Crippen LogP contribution >= 0.6 is 0 Å². The summed E-state index contributed by atoms with van der Waals surface area (Å²) in [5, 5.41) is 2.90. The number of nitrogens with zero attached hydrogens (tertiary/aromatic N) is 2. The number of nitrogens with one attached hydrogen (secondary N) is 1.